The maximum Gasteiger partial charge on any atom is 0.254 e. The number of furan rings is 1. The van der Waals surface area contributed by atoms with Crippen LogP contribution in [0, 0.1) is 12.7 Å². The van der Waals surface area contributed by atoms with E-state index in [-0.39, 0.29) is 17.8 Å². The molecule has 1 atom stereocenters. The summed E-state index contributed by atoms with van der Waals surface area (Å²) in [6.45, 7) is 2.06. The Morgan fingerprint density at radius 2 is 2.23 bits per heavy atom. The van der Waals surface area contributed by atoms with Crippen LogP contribution in [0.15, 0.2) is 53.3 Å². The van der Waals surface area contributed by atoms with E-state index in [0.29, 0.717) is 41.3 Å². The van der Waals surface area contributed by atoms with Crippen LogP contribution < -0.4 is 10.1 Å². The lowest BCUT2D eigenvalue weighted by molar-refractivity contribution is 0.0932. The van der Waals surface area contributed by atoms with Gasteiger partial charge >= 0.3 is 0 Å². The topological polar surface area (TPSA) is 64.4 Å². The molecule has 2 aromatic heterocycles. The third kappa shape index (κ3) is 3.06. The van der Waals surface area contributed by atoms with Gasteiger partial charge < -0.3 is 14.5 Å². The number of rotatable bonds is 4. The summed E-state index contributed by atoms with van der Waals surface area (Å²) in [6, 6.07) is 10.00. The van der Waals surface area contributed by atoms with Gasteiger partial charge in [-0.1, -0.05) is 6.07 Å². The van der Waals surface area contributed by atoms with Crippen molar-refractivity contribution >= 4 is 5.91 Å². The van der Waals surface area contributed by atoms with E-state index in [1.807, 2.05) is 12.1 Å². The fraction of sp³-hybridized carbons (Fsp3) is 0.200. The Morgan fingerprint density at radius 3 is 2.96 bits per heavy atom. The predicted octanol–water partition coefficient (Wildman–Crippen LogP) is 3.52. The summed E-state index contributed by atoms with van der Waals surface area (Å²) in [5.74, 6) is 0.653. The number of hydrogen-bond acceptors (Lipinski definition) is 4. The molecule has 4 rings (SSSR count). The second kappa shape index (κ2) is 6.63. The maximum atomic E-state index is 14.0. The van der Waals surface area contributed by atoms with Crippen molar-refractivity contribution in [1.29, 1.82) is 0 Å². The number of nitrogens with one attached hydrogen (secondary N) is 1. The molecule has 0 aliphatic carbocycles. The number of nitrogens with zero attached hydrogens (tertiary/aromatic N) is 1. The van der Waals surface area contributed by atoms with Crippen LogP contribution >= 0.6 is 0 Å². The average molecular weight is 352 g/mol. The van der Waals surface area contributed by atoms with Crippen LogP contribution in [0.4, 0.5) is 4.39 Å². The molecule has 1 amide bonds. The lowest BCUT2D eigenvalue weighted by atomic mass is 10.0. The first-order chi connectivity index (χ1) is 12.6. The predicted molar refractivity (Wildman–Crippen MR) is 93.5 cm³/mol. The zero-order valence-electron chi connectivity index (χ0n) is 14.2. The molecule has 1 N–H and O–H groups in total. The SMILES string of the molecule is Cc1occc1C(=O)NCC1Cc2cc(F)cc(-c3ccccn3)c2O1. The average Bonchev–Trinajstić information content (AvgIpc) is 3.25. The monoisotopic (exact) mass is 352 g/mol. The number of aromatic nitrogens is 1. The highest BCUT2D eigenvalue weighted by atomic mass is 19.1. The Bertz CT molecular complexity index is 953. The van der Waals surface area contributed by atoms with E-state index in [1.165, 1.54) is 18.4 Å². The number of pyridine rings is 1. The molecule has 3 heterocycles. The normalized spacial score (nSPS) is 15.4. The van der Waals surface area contributed by atoms with Gasteiger partial charge in [0, 0.05) is 23.7 Å². The van der Waals surface area contributed by atoms with E-state index in [0.717, 1.165) is 5.56 Å². The zero-order chi connectivity index (χ0) is 18.1. The first-order valence-electron chi connectivity index (χ1n) is 8.34. The van der Waals surface area contributed by atoms with Crippen LogP contribution in [-0.2, 0) is 6.42 Å². The zero-order valence-corrected chi connectivity index (χ0v) is 14.2. The number of carbonyl (C=O) groups is 1. The molecule has 0 radical (unpaired) electrons. The summed E-state index contributed by atoms with van der Waals surface area (Å²) >= 11 is 0. The second-order valence-corrected chi connectivity index (χ2v) is 6.20. The molecule has 1 aliphatic rings. The molecule has 6 heteroatoms. The van der Waals surface area contributed by atoms with Crippen molar-refractivity contribution in [2.75, 3.05) is 6.54 Å². The minimum atomic E-state index is -0.327. The summed E-state index contributed by atoms with van der Waals surface area (Å²) in [5, 5.41) is 2.84. The van der Waals surface area contributed by atoms with Gasteiger partial charge in [0.05, 0.1) is 24.1 Å². The van der Waals surface area contributed by atoms with Crippen molar-refractivity contribution < 1.29 is 18.3 Å². The van der Waals surface area contributed by atoms with Crippen molar-refractivity contribution in [2.24, 2.45) is 0 Å². The minimum absolute atomic E-state index is 0.216. The van der Waals surface area contributed by atoms with Crippen LogP contribution in [0.1, 0.15) is 21.7 Å². The molecule has 0 bridgehead atoms. The Kier molecular flexibility index (Phi) is 4.16. The van der Waals surface area contributed by atoms with E-state index >= 15 is 0 Å². The number of fused-ring (bicyclic) bond motifs is 1. The van der Waals surface area contributed by atoms with Gasteiger partial charge in [0.15, 0.2) is 0 Å². The molecule has 5 nitrogen and oxygen atoms in total. The van der Waals surface area contributed by atoms with Crippen LogP contribution in [-0.4, -0.2) is 23.5 Å². The fourth-order valence-electron chi connectivity index (χ4n) is 3.14. The number of amides is 1. The van der Waals surface area contributed by atoms with Crippen molar-refractivity contribution in [3.05, 3.63) is 71.6 Å². The molecule has 26 heavy (non-hydrogen) atoms. The van der Waals surface area contributed by atoms with Crippen molar-refractivity contribution in [3.63, 3.8) is 0 Å². The van der Waals surface area contributed by atoms with Gasteiger partial charge in [-0.25, -0.2) is 4.39 Å². The Morgan fingerprint density at radius 1 is 1.35 bits per heavy atom. The Balaban J connectivity index is 1.51. The molecule has 1 aromatic carbocycles. The second-order valence-electron chi connectivity index (χ2n) is 6.20. The molecule has 1 aliphatic heterocycles. The van der Waals surface area contributed by atoms with Gasteiger partial charge in [-0.2, -0.15) is 0 Å². The first kappa shape index (κ1) is 16.3. The molecule has 0 saturated heterocycles. The van der Waals surface area contributed by atoms with E-state index in [1.54, 1.807) is 25.3 Å². The summed E-state index contributed by atoms with van der Waals surface area (Å²) < 4.78 is 25.2. The van der Waals surface area contributed by atoms with Gasteiger partial charge in [0.2, 0.25) is 0 Å². The highest BCUT2D eigenvalue weighted by molar-refractivity contribution is 5.95. The first-order valence-corrected chi connectivity index (χ1v) is 8.34. The quantitative estimate of drug-likeness (QED) is 0.780. The third-order valence-corrected chi connectivity index (χ3v) is 4.40. The summed E-state index contributed by atoms with van der Waals surface area (Å²) in [6.07, 6.45) is 3.41. The van der Waals surface area contributed by atoms with Crippen molar-refractivity contribution in [1.82, 2.24) is 10.3 Å². The van der Waals surface area contributed by atoms with Gasteiger partial charge in [-0.3, -0.25) is 9.78 Å². The number of halogens is 1. The molecule has 1 unspecified atom stereocenters. The van der Waals surface area contributed by atoms with Crippen LogP contribution in [0.25, 0.3) is 11.3 Å². The largest absolute Gasteiger partial charge is 0.487 e. The number of hydrogen-bond donors (Lipinski definition) is 1. The van der Waals surface area contributed by atoms with E-state index in [2.05, 4.69) is 10.3 Å². The molecule has 0 fully saturated rings. The lowest BCUT2D eigenvalue weighted by Crippen LogP contribution is -2.34. The van der Waals surface area contributed by atoms with E-state index in [4.69, 9.17) is 9.15 Å². The number of aryl methyl sites for hydroxylation is 1. The molecule has 3 aromatic rings. The van der Waals surface area contributed by atoms with Gasteiger partial charge in [-0.05, 0) is 37.3 Å². The van der Waals surface area contributed by atoms with E-state index < -0.39 is 0 Å². The van der Waals surface area contributed by atoms with Crippen molar-refractivity contribution in [3.8, 4) is 17.0 Å². The molecular formula is C20H17FN2O3. The Hall–Kier alpha value is -3.15. The fourth-order valence-corrected chi connectivity index (χ4v) is 3.14. The van der Waals surface area contributed by atoms with Crippen LogP contribution in [0.5, 0.6) is 5.75 Å². The maximum absolute atomic E-state index is 14.0. The van der Waals surface area contributed by atoms with Crippen molar-refractivity contribution in [2.45, 2.75) is 19.4 Å². The summed E-state index contributed by atoms with van der Waals surface area (Å²) in [5.41, 5.74) is 2.56. The standard InChI is InChI=1S/C20H17FN2O3/c1-12-16(5-7-25-12)20(24)23-11-15-9-13-8-14(21)10-17(19(13)26-15)18-4-2-3-6-22-18/h2-8,10,15H,9,11H2,1H3,(H,23,24). The third-order valence-electron chi connectivity index (χ3n) is 4.40. The lowest BCUT2D eigenvalue weighted by Gasteiger charge is -2.13. The number of ether oxygens (including phenoxy) is 1. The Labute approximate surface area is 149 Å². The van der Waals surface area contributed by atoms with E-state index in [9.17, 15) is 9.18 Å². The van der Waals surface area contributed by atoms with Gasteiger partial charge in [0.1, 0.15) is 23.4 Å². The van der Waals surface area contributed by atoms with Gasteiger partial charge in [-0.15, -0.1) is 0 Å². The summed E-state index contributed by atoms with van der Waals surface area (Å²) in [4.78, 5) is 16.5. The highest BCUT2D eigenvalue weighted by Gasteiger charge is 2.28. The molecule has 0 saturated carbocycles. The molecule has 0 spiro atoms. The molecule has 132 valence electrons. The van der Waals surface area contributed by atoms with Gasteiger partial charge in [0.25, 0.3) is 5.91 Å². The van der Waals surface area contributed by atoms with Crippen LogP contribution in [0.3, 0.4) is 0 Å². The van der Waals surface area contributed by atoms with Crippen LogP contribution in [0.2, 0.25) is 0 Å². The number of carbonyl (C=O) groups excluding carboxylic acids is 1. The smallest absolute Gasteiger partial charge is 0.254 e. The minimum Gasteiger partial charge on any atom is -0.487 e. The number of benzene rings is 1. The summed E-state index contributed by atoms with van der Waals surface area (Å²) in [7, 11) is 0. The highest BCUT2D eigenvalue weighted by Crippen LogP contribution is 2.38. The molecular weight excluding hydrogens is 335 g/mol.